The normalized spacial score (nSPS) is 19.2. The number of aliphatic hydroxyl groups excluding tert-OH is 1. The number of fused-ring (bicyclic) bond motifs is 1. The number of nitrogens with one attached hydrogen (secondary N) is 1. The standard InChI is InChI=1S/C24H32F3N5O6S/c1-15-10-32(16(2)13-33)23(35)18-9-17(29-21(34)7-8-24(25,26)27)5-6-19(18)38-20(15)11-31(4)39(36,37)22-12-30(3)14-28-22/h5-6,9,12,14-16,20,33H,7-8,10-11,13H2,1-4H3,(H,29,34)/t15-,16-,20-/m1/s1. The summed E-state index contributed by atoms with van der Waals surface area (Å²) in [5.74, 6) is -1.67. The number of rotatable bonds is 9. The summed E-state index contributed by atoms with van der Waals surface area (Å²) in [5.41, 5.74) is 0.102. The van der Waals surface area contributed by atoms with Gasteiger partial charge in [-0.15, -0.1) is 0 Å². The third-order valence-electron chi connectivity index (χ3n) is 6.38. The van der Waals surface area contributed by atoms with E-state index in [2.05, 4.69) is 10.3 Å². The first-order chi connectivity index (χ1) is 18.1. The number of halogens is 3. The van der Waals surface area contributed by atoms with Gasteiger partial charge in [0.25, 0.3) is 15.9 Å². The minimum Gasteiger partial charge on any atom is -0.488 e. The lowest BCUT2D eigenvalue weighted by atomic mass is 9.99. The first-order valence-electron chi connectivity index (χ1n) is 12.2. The number of aromatic nitrogens is 2. The molecule has 1 aromatic heterocycles. The molecule has 0 fully saturated rings. The van der Waals surface area contributed by atoms with Crippen molar-refractivity contribution >= 4 is 27.5 Å². The Morgan fingerprint density at radius 1 is 1.36 bits per heavy atom. The van der Waals surface area contributed by atoms with E-state index in [1.54, 1.807) is 20.9 Å². The van der Waals surface area contributed by atoms with E-state index < -0.39 is 53.0 Å². The maximum Gasteiger partial charge on any atom is 0.389 e. The van der Waals surface area contributed by atoms with Crippen LogP contribution >= 0.6 is 0 Å². The number of hydrogen-bond donors (Lipinski definition) is 2. The highest BCUT2D eigenvalue weighted by Crippen LogP contribution is 2.31. The molecule has 3 atom stereocenters. The number of alkyl halides is 3. The van der Waals surface area contributed by atoms with E-state index in [1.165, 1.54) is 47.2 Å². The smallest absolute Gasteiger partial charge is 0.389 e. The first kappa shape index (κ1) is 30.4. The number of nitrogens with zero attached hydrogens (tertiary/aromatic N) is 4. The van der Waals surface area contributed by atoms with Gasteiger partial charge in [0.2, 0.25) is 5.91 Å². The number of aliphatic hydroxyl groups is 1. The van der Waals surface area contributed by atoms with Gasteiger partial charge in [-0.25, -0.2) is 13.4 Å². The molecule has 0 spiro atoms. The highest BCUT2D eigenvalue weighted by Gasteiger charge is 2.36. The number of carbonyl (C=O) groups excluding carboxylic acids is 2. The largest absolute Gasteiger partial charge is 0.488 e. The first-order valence-corrected chi connectivity index (χ1v) is 13.6. The molecule has 1 aliphatic rings. The van der Waals surface area contributed by atoms with Gasteiger partial charge in [-0.2, -0.15) is 17.5 Å². The van der Waals surface area contributed by atoms with Gasteiger partial charge in [-0.3, -0.25) is 9.59 Å². The number of likely N-dealkylation sites (N-methyl/N-ethyl adjacent to an activating group) is 1. The predicted octanol–water partition coefficient (Wildman–Crippen LogP) is 2.24. The molecule has 2 N–H and O–H groups in total. The molecule has 0 unspecified atom stereocenters. The molecule has 11 nitrogen and oxygen atoms in total. The van der Waals surface area contributed by atoms with Gasteiger partial charge in [0.15, 0.2) is 5.03 Å². The van der Waals surface area contributed by atoms with Crippen molar-refractivity contribution in [2.24, 2.45) is 13.0 Å². The van der Waals surface area contributed by atoms with Crippen molar-refractivity contribution in [1.29, 1.82) is 0 Å². The van der Waals surface area contributed by atoms with E-state index in [0.717, 1.165) is 4.31 Å². The van der Waals surface area contributed by atoms with Crippen molar-refractivity contribution in [2.75, 3.05) is 32.1 Å². The average molecular weight is 576 g/mol. The van der Waals surface area contributed by atoms with Crippen LogP contribution in [0.5, 0.6) is 5.75 Å². The summed E-state index contributed by atoms with van der Waals surface area (Å²) in [6, 6.07) is 3.47. The lowest BCUT2D eigenvalue weighted by Gasteiger charge is -2.38. The van der Waals surface area contributed by atoms with Gasteiger partial charge < -0.3 is 24.6 Å². The van der Waals surface area contributed by atoms with E-state index in [4.69, 9.17) is 4.74 Å². The molecule has 0 aliphatic carbocycles. The number of amides is 2. The average Bonchev–Trinajstić information content (AvgIpc) is 3.31. The third kappa shape index (κ3) is 7.48. The van der Waals surface area contributed by atoms with Crippen LogP contribution < -0.4 is 10.1 Å². The van der Waals surface area contributed by atoms with Crippen LogP contribution in [0.15, 0.2) is 35.7 Å². The molecule has 2 aromatic rings. The molecule has 0 bridgehead atoms. The fourth-order valence-corrected chi connectivity index (χ4v) is 5.17. The molecular formula is C24H32F3N5O6S. The number of imidazole rings is 1. The molecule has 15 heteroatoms. The van der Waals surface area contributed by atoms with E-state index in [9.17, 15) is 36.3 Å². The van der Waals surface area contributed by atoms with Crippen molar-refractivity contribution in [2.45, 2.75) is 50.0 Å². The molecule has 216 valence electrons. The lowest BCUT2D eigenvalue weighted by Crippen LogP contribution is -2.50. The second kappa shape index (κ2) is 11.9. The van der Waals surface area contributed by atoms with Crippen molar-refractivity contribution in [1.82, 2.24) is 18.8 Å². The number of hydrogen-bond acceptors (Lipinski definition) is 7. The second-order valence-electron chi connectivity index (χ2n) is 9.66. The van der Waals surface area contributed by atoms with Gasteiger partial charge in [-0.05, 0) is 25.1 Å². The van der Waals surface area contributed by atoms with Gasteiger partial charge in [0.1, 0.15) is 11.9 Å². The highest BCUT2D eigenvalue weighted by molar-refractivity contribution is 7.89. The molecule has 3 rings (SSSR count). The maximum atomic E-state index is 13.5. The van der Waals surface area contributed by atoms with Crippen LogP contribution in [0.25, 0.3) is 0 Å². The SMILES string of the molecule is C[C@@H]1CN([C@H](C)CO)C(=O)c2cc(NC(=O)CCC(F)(F)F)ccc2O[C@@H]1CN(C)S(=O)(=O)c1cn(C)cn1. The third-order valence-corrected chi connectivity index (χ3v) is 8.09. The summed E-state index contributed by atoms with van der Waals surface area (Å²) in [5, 5.41) is 12.0. The Morgan fingerprint density at radius 2 is 2.05 bits per heavy atom. The van der Waals surface area contributed by atoms with Crippen molar-refractivity contribution in [3.8, 4) is 5.75 Å². The maximum absolute atomic E-state index is 13.5. The van der Waals surface area contributed by atoms with Gasteiger partial charge in [0, 0.05) is 44.9 Å². The number of carbonyl (C=O) groups is 2. The van der Waals surface area contributed by atoms with E-state index in [1.807, 2.05) is 0 Å². The number of anilines is 1. The molecule has 2 heterocycles. The summed E-state index contributed by atoms with van der Waals surface area (Å²) >= 11 is 0. The number of sulfonamides is 1. The Kier molecular flexibility index (Phi) is 9.28. The van der Waals surface area contributed by atoms with Crippen LogP contribution in [-0.4, -0.2) is 89.2 Å². The topological polar surface area (TPSA) is 134 Å². The van der Waals surface area contributed by atoms with Gasteiger partial charge in [0.05, 0.1) is 37.5 Å². The predicted molar refractivity (Wildman–Crippen MR) is 135 cm³/mol. The van der Waals surface area contributed by atoms with Crippen LogP contribution in [-0.2, 0) is 21.9 Å². The zero-order valence-corrected chi connectivity index (χ0v) is 22.8. The fourth-order valence-electron chi connectivity index (χ4n) is 4.03. The number of ether oxygens (including phenoxy) is 1. The monoisotopic (exact) mass is 575 g/mol. The second-order valence-corrected chi connectivity index (χ2v) is 11.7. The summed E-state index contributed by atoms with van der Waals surface area (Å²) in [6.07, 6.45) is -4.56. The minimum atomic E-state index is -4.49. The van der Waals surface area contributed by atoms with Crippen LogP contribution in [0.1, 0.15) is 37.0 Å². The highest BCUT2D eigenvalue weighted by atomic mass is 32.2. The molecule has 39 heavy (non-hydrogen) atoms. The van der Waals surface area contributed by atoms with Crippen molar-refractivity contribution < 1.29 is 41.0 Å². The Balaban J connectivity index is 1.91. The number of aryl methyl sites for hydroxylation is 1. The van der Waals surface area contributed by atoms with E-state index in [-0.39, 0.29) is 47.6 Å². The Bertz CT molecular complexity index is 1300. The van der Waals surface area contributed by atoms with Crippen LogP contribution in [0.2, 0.25) is 0 Å². The van der Waals surface area contributed by atoms with Crippen LogP contribution in [0, 0.1) is 5.92 Å². The molecule has 0 saturated heterocycles. The molecular weight excluding hydrogens is 543 g/mol. The molecule has 2 amide bonds. The quantitative estimate of drug-likeness (QED) is 0.469. The zero-order chi connectivity index (χ0) is 29.1. The summed E-state index contributed by atoms with van der Waals surface area (Å²) in [6.45, 7) is 3.11. The number of benzene rings is 1. The minimum absolute atomic E-state index is 0.0102. The summed E-state index contributed by atoms with van der Waals surface area (Å²) in [7, 11) is -0.917. The zero-order valence-electron chi connectivity index (χ0n) is 22.0. The van der Waals surface area contributed by atoms with Crippen molar-refractivity contribution in [3.63, 3.8) is 0 Å². The van der Waals surface area contributed by atoms with E-state index in [0.29, 0.717) is 0 Å². The molecule has 0 saturated carbocycles. The van der Waals surface area contributed by atoms with Crippen LogP contribution in [0.3, 0.4) is 0 Å². The van der Waals surface area contributed by atoms with Crippen molar-refractivity contribution in [3.05, 3.63) is 36.3 Å². The Hall–Kier alpha value is -3.17. The summed E-state index contributed by atoms with van der Waals surface area (Å²) in [4.78, 5) is 30.8. The Labute approximate surface area is 224 Å². The van der Waals surface area contributed by atoms with Gasteiger partial charge >= 0.3 is 6.18 Å². The summed E-state index contributed by atoms with van der Waals surface area (Å²) < 4.78 is 72.3. The lowest BCUT2D eigenvalue weighted by molar-refractivity contribution is -0.142. The van der Waals surface area contributed by atoms with Gasteiger partial charge in [-0.1, -0.05) is 6.92 Å². The molecule has 0 radical (unpaired) electrons. The van der Waals surface area contributed by atoms with E-state index >= 15 is 0 Å². The molecule has 1 aromatic carbocycles. The Morgan fingerprint density at radius 3 is 2.64 bits per heavy atom. The molecule has 1 aliphatic heterocycles. The van der Waals surface area contributed by atoms with Crippen LogP contribution in [0.4, 0.5) is 18.9 Å². The fraction of sp³-hybridized carbons (Fsp3) is 0.542.